The third-order valence-corrected chi connectivity index (χ3v) is 1.20. The molecule has 0 atom stereocenters. The van der Waals surface area contributed by atoms with Crippen LogP contribution >= 0.6 is 0 Å². The second-order valence-electron chi connectivity index (χ2n) is 2.43. The standard InChI is InChI=1S/C6H9N3O7/c1-5(7(10)11)3-15-9(14)16-4-6(2)8(12)13/h1-4H2,(H,10,11)/q+2. The minimum absolute atomic E-state index is 0.447. The Balaban J connectivity index is 3.84. The number of rotatable bonds is 8. The molecule has 0 bridgehead atoms. The average molecular weight is 235 g/mol. The van der Waals surface area contributed by atoms with Gasteiger partial charge in [0.2, 0.25) is 0 Å². The fourth-order valence-corrected chi connectivity index (χ4v) is 0.400. The summed E-state index contributed by atoms with van der Waals surface area (Å²) in [6.07, 6.45) is 0. The van der Waals surface area contributed by atoms with Crippen LogP contribution < -0.4 is 0 Å². The van der Waals surface area contributed by atoms with E-state index >= 15 is 0 Å². The quantitative estimate of drug-likeness (QED) is 0.467. The van der Waals surface area contributed by atoms with Crippen molar-refractivity contribution in [1.82, 2.24) is 0 Å². The van der Waals surface area contributed by atoms with Crippen molar-refractivity contribution in [3.8, 4) is 0 Å². The Morgan fingerprint density at radius 2 is 1.56 bits per heavy atom. The van der Waals surface area contributed by atoms with E-state index in [-0.39, 0.29) is 0 Å². The van der Waals surface area contributed by atoms with Crippen LogP contribution in [0.15, 0.2) is 24.6 Å². The highest BCUT2D eigenvalue weighted by atomic mass is 17.0. The molecule has 10 heteroatoms. The first-order chi connectivity index (χ1) is 7.34. The summed E-state index contributed by atoms with van der Waals surface area (Å²) in [5, 5.41) is 17.8. The first-order valence-corrected chi connectivity index (χ1v) is 3.73. The molecule has 1 N–H and O–H groups in total. The average Bonchev–Trinajstić information content (AvgIpc) is 2.21. The molecule has 0 rings (SSSR count). The SMILES string of the molecule is C=C(CO[N+](=O)OCC(=C)[N+](=O)O)[N+](=O)[O-]. The molecule has 0 spiro atoms. The molecule has 0 saturated heterocycles. The van der Waals surface area contributed by atoms with Gasteiger partial charge >= 0.3 is 10.8 Å². The minimum Gasteiger partial charge on any atom is -0.259 e. The molecule has 0 aliphatic rings. The van der Waals surface area contributed by atoms with E-state index in [1.807, 2.05) is 0 Å². The Kier molecular flexibility index (Phi) is 5.10. The topological polar surface area (TPSA) is 122 Å². The van der Waals surface area contributed by atoms with Gasteiger partial charge in [0.15, 0.2) is 0 Å². The molecule has 0 saturated carbocycles. The van der Waals surface area contributed by atoms with Crippen LogP contribution in [0.2, 0.25) is 0 Å². The highest BCUT2D eigenvalue weighted by Gasteiger charge is 2.23. The molecule has 0 aromatic heterocycles. The fourth-order valence-electron chi connectivity index (χ4n) is 0.400. The van der Waals surface area contributed by atoms with E-state index < -0.39 is 39.5 Å². The molecule has 0 aliphatic carbocycles. The van der Waals surface area contributed by atoms with Gasteiger partial charge < -0.3 is 0 Å². The predicted molar refractivity (Wildman–Crippen MR) is 46.2 cm³/mol. The third kappa shape index (κ3) is 5.26. The van der Waals surface area contributed by atoms with E-state index in [4.69, 9.17) is 5.21 Å². The molecular formula is C6H9N3O7+2. The predicted octanol–water partition coefficient (Wildman–Crippen LogP) is 0.101. The molecule has 0 aliphatic heterocycles. The Hall–Kier alpha value is -2.52. The van der Waals surface area contributed by atoms with Gasteiger partial charge in [-0.05, 0) is 13.2 Å². The van der Waals surface area contributed by atoms with Crippen LogP contribution in [0.5, 0.6) is 0 Å². The highest BCUT2D eigenvalue weighted by molar-refractivity contribution is 4.78. The van der Waals surface area contributed by atoms with Gasteiger partial charge in [-0.1, -0.05) is 0 Å². The Bertz CT molecular complexity index is 318. The molecule has 0 aromatic rings. The summed E-state index contributed by atoms with van der Waals surface area (Å²) in [5.74, 6) is 0. The Labute approximate surface area is 88.5 Å². The van der Waals surface area contributed by atoms with Crippen molar-refractivity contribution < 1.29 is 29.8 Å². The van der Waals surface area contributed by atoms with Crippen LogP contribution in [0.1, 0.15) is 0 Å². The lowest BCUT2D eigenvalue weighted by atomic mass is 10.6. The molecule has 0 aromatic carbocycles. The second kappa shape index (κ2) is 6.06. The summed E-state index contributed by atoms with van der Waals surface area (Å²) >= 11 is 0. The molecule has 88 valence electrons. The van der Waals surface area contributed by atoms with Gasteiger partial charge in [-0.2, -0.15) is 9.68 Å². The summed E-state index contributed by atoms with van der Waals surface area (Å²) in [6, 6.07) is 0. The molecule has 16 heavy (non-hydrogen) atoms. The maximum Gasteiger partial charge on any atom is 0.478 e. The van der Waals surface area contributed by atoms with Gasteiger partial charge in [-0.15, -0.1) is 0 Å². The van der Waals surface area contributed by atoms with Crippen molar-refractivity contribution in [2.75, 3.05) is 13.2 Å². The van der Waals surface area contributed by atoms with Gasteiger partial charge in [-0.3, -0.25) is 10.1 Å². The van der Waals surface area contributed by atoms with E-state index in [1.165, 1.54) is 0 Å². The van der Waals surface area contributed by atoms with Crippen LogP contribution in [-0.4, -0.2) is 33.4 Å². The van der Waals surface area contributed by atoms with Gasteiger partial charge in [0.05, 0.1) is 9.83 Å². The van der Waals surface area contributed by atoms with Crippen LogP contribution in [-0.2, 0) is 9.68 Å². The minimum atomic E-state index is -0.833. The highest BCUT2D eigenvalue weighted by Crippen LogP contribution is 1.95. The summed E-state index contributed by atoms with van der Waals surface area (Å²) in [4.78, 5) is 37.8. The number of nitrogens with zero attached hydrogens (tertiary/aromatic N) is 3. The zero-order chi connectivity index (χ0) is 12.7. The van der Waals surface area contributed by atoms with E-state index in [1.54, 1.807) is 0 Å². The van der Waals surface area contributed by atoms with E-state index in [9.17, 15) is 19.9 Å². The second-order valence-corrected chi connectivity index (χ2v) is 2.43. The number of hydrogen-bond donors (Lipinski definition) is 1. The normalized spacial score (nSPS) is 9.00. The van der Waals surface area contributed by atoms with Crippen LogP contribution in [0.25, 0.3) is 0 Å². The number of nitro groups is 1. The lowest BCUT2D eigenvalue weighted by Gasteiger charge is -1.91. The van der Waals surface area contributed by atoms with Gasteiger partial charge in [0.1, 0.15) is 4.91 Å². The van der Waals surface area contributed by atoms with Crippen molar-refractivity contribution in [3.63, 3.8) is 0 Å². The molecule has 10 nitrogen and oxygen atoms in total. The summed E-state index contributed by atoms with van der Waals surface area (Å²) < 4.78 is 0. The van der Waals surface area contributed by atoms with Crippen LogP contribution in [0, 0.1) is 19.9 Å². The molecule has 0 amide bonds. The van der Waals surface area contributed by atoms with Crippen LogP contribution in [0.4, 0.5) is 0 Å². The first kappa shape index (κ1) is 13.5. The van der Waals surface area contributed by atoms with Crippen molar-refractivity contribution in [3.05, 3.63) is 44.5 Å². The van der Waals surface area contributed by atoms with Gasteiger partial charge in [0, 0.05) is 0 Å². The molecular weight excluding hydrogens is 226 g/mol. The van der Waals surface area contributed by atoms with E-state index in [2.05, 4.69) is 22.8 Å². The van der Waals surface area contributed by atoms with Crippen LogP contribution in [0.3, 0.4) is 0 Å². The summed E-state index contributed by atoms with van der Waals surface area (Å²) in [6.45, 7) is 4.72. The number of hydrogen-bond acceptors (Lipinski definition) is 6. The summed E-state index contributed by atoms with van der Waals surface area (Å²) in [7, 11) is 0. The Morgan fingerprint density at radius 3 is 1.94 bits per heavy atom. The maximum atomic E-state index is 10.7. The van der Waals surface area contributed by atoms with E-state index in [0.717, 1.165) is 0 Å². The first-order valence-electron chi connectivity index (χ1n) is 3.73. The summed E-state index contributed by atoms with van der Waals surface area (Å²) in [5.41, 5.74) is -0.992. The van der Waals surface area contributed by atoms with Crippen molar-refractivity contribution >= 4 is 0 Å². The smallest absolute Gasteiger partial charge is 0.259 e. The molecule has 0 unspecified atom stereocenters. The molecule has 0 heterocycles. The maximum absolute atomic E-state index is 10.7. The monoisotopic (exact) mass is 235 g/mol. The third-order valence-electron chi connectivity index (χ3n) is 1.20. The largest absolute Gasteiger partial charge is 0.478 e. The molecule has 0 radical (unpaired) electrons. The van der Waals surface area contributed by atoms with Crippen molar-refractivity contribution in [2.24, 2.45) is 0 Å². The lowest BCUT2D eigenvalue weighted by molar-refractivity contribution is -0.982. The van der Waals surface area contributed by atoms with Gasteiger partial charge in [-0.25, -0.2) is 5.21 Å². The van der Waals surface area contributed by atoms with E-state index in [0.29, 0.717) is 0 Å². The zero-order valence-electron chi connectivity index (χ0n) is 8.07. The van der Waals surface area contributed by atoms with Crippen molar-refractivity contribution in [1.29, 1.82) is 0 Å². The fraction of sp³-hybridized carbons (Fsp3) is 0.333. The van der Waals surface area contributed by atoms with Gasteiger partial charge in [0.25, 0.3) is 23.8 Å². The van der Waals surface area contributed by atoms with Crippen molar-refractivity contribution in [2.45, 2.75) is 0 Å². The lowest BCUT2D eigenvalue weighted by Crippen LogP contribution is -2.18. The molecule has 0 fully saturated rings. The zero-order valence-corrected chi connectivity index (χ0v) is 8.07. The Morgan fingerprint density at radius 1 is 1.12 bits per heavy atom.